The second-order valence-corrected chi connectivity index (χ2v) is 5.93. The minimum atomic E-state index is -0.766. The van der Waals surface area contributed by atoms with Crippen LogP contribution in [-0.2, 0) is 9.59 Å². The fourth-order valence-corrected chi connectivity index (χ4v) is 2.46. The third-order valence-electron chi connectivity index (χ3n) is 3.72. The Morgan fingerprint density at radius 1 is 1.17 bits per heavy atom. The summed E-state index contributed by atoms with van der Waals surface area (Å²) in [5.41, 5.74) is 0. The third-order valence-corrected chi connectivity index (χ3v) is 3.72. The van der Waals surface area contributed by atoms with E-state index in [2.05, 4.69) is 19.2 Å². The maximum Gasteiger partial charge on any atom is 0.306 e. The van der Waals surface area contributed by atoms with Gasteiger partial charge in [0.2, 0.25) is 5.91 Å². The second-order valence-electron chi connectivity index (χ2n) is 5.93. The van der Waals surface area contributed by atoms with Crippen molar-refractivity contribution >= 4 is 11.9 Å². The second kappa shape index (κ2) is 6.76. The molecule has 4 heteroatoms. The van der Waals surface area contributed by atoms with Crippen LogP contribution in [0.3, 0.4) is 0 Å². The molecule has 1 aliphatic rings. The predicted molar refractivity (Wildman–Crippen MR) is 70.1 cm³/mol. The predicted octanol–water partition coefficient (Wildman–Crippen LogP) is 2.43. The summed E-state index contributed by atoms with van der Waals surface area (Å²) in [6, 6.07) is 0.184. The normalized spacial score (nSPS) is 25.1. The molecule has 1 amide bonds. The van der Waals surface area contributed by atoms with Crippen LogP contribution in [-0.4, -0.2) is 23.0 Å². The topological polar surface area (TPSA) is 66.4 Å². The maximum absolute atomic E-state index is 12.0. The molecule has 0 radical (unpaired) electrons. The molecule has 0 bridgehead atoms. The Morgan fingerprint density at radius 3 is 2.28 bits per heavy atom. The van der Waals surface area contributed by atoms with Crippen LogP contribution in [0.5, 0.6) is 0 Å². The van der Waals surface area contributed by atoms with Crippen molar-refractivity contribution in [3.8, 4) is 0 Å². The largest absolute Gasteiger partial charge is 0.481 e. The number of carboxylic acid groups (broad SMARTS) is 1. The zero-order valence-electron chi connectivity index (χ0n) is 11.6. The lowest BCUT2D eigenvalue weighted by atomic mass is 10.0. The van der Waals surface area contributed by atoms with Gasteiger partial charge in [0.25, 0.3) is 0 Å². The highest BCUT2D eigenvalue weighted by molar-refractivity contribution is 5.81. The lowest BCUT2D eigenvalue weighted by Crippen LogP contribution is -2.36. The zero-order chi connectivity index (χ0) is 13.7. The van der Waals surface area contributed by atoms with E-state index in [-0.39, 0.29) is 23.8 Å². The molecule has 3 unspecified atom stereocenters. The van der Waals surface area contributed by atoms with Crippen LogP contribution in [0.15, 0.2) is 0 Å². The van der Waals surface area contributed by atoms with Crippen LogP contribution >= 0.6 is 0 Å². The average Bonchev–Trinajstić information content (AvgIpc) is 2.75. The number of amides is 1. The quantitative estimate of drug-likeness (QED) is 0.766. The smallest absolute Gasteiger partial charge is 0.306 e. The first-order chi connectivity index (χ1) is 8.40. The Kier molecular flexibility index (Phi) is 5.63. The molecule has 0 spiro atoms. The van der Waals surface area contributed by atoms with E-state index in [9.17, 15) is 9.59 Å². The summed E-state index contributed by atoms with van der Waals surface area (Å²) in [4.78, 5) is 22.8. The first-order valence-corrected chi connectivity index (χ1v) is 6.93. The Bertz CT molecular complexity index is 301. The molecule has 4 nitrogen and oxygen atoms in total. The van der Waals surface area contributed by atoms with Crippen molar-refractivity contribution in [1.29, 1.82) is 0 Å². The van der Waals surface area contributed by atoms with E-state index in [1.807, 2.05) is 6.92 Å². The summed E-state index contributed by atoms with van der Waals surface area (Å²) in [6.45, 7) is 6.36. The molecule has 1 fully saturated rings. The van der Waals surface area contributed by atoms with Crippen molar-refractivity contribution in [1.82, 2.24) is 5.32 Å². The van der Waals surface area contributed by atoms with Gasteiger partial charge >= 0.3 is 5.97 Å². The van der Waals surface area contributed by atoms with E-state index in [1.54, 1.807) is 0 Å². The molecule has 3 atom stereocenters. The molecule has 0 aromatic rings. The number of carbonyl (C=O) groups is 2. The molecule has 1 saturated carbocycles. The Morgan fingerprint density at radius 2 is 1.78 bits per heavy atom. The molecule has 1 rings (SSSR count). The van der Waals surface area contributed by atoms with Crippen molar-refractivity contribution in [2.45, 2.75) is 58.9 Å². The van der Waals surface area contributed by atoms with Gasteiger partial charge in [-0.2, -0.15) is 0 Å². The summed E-state index contributed by atoms with van der Waals surface area (Å²) < 4.78 is 0. The molecule has 0 heterocycles. The minimum absolute atomic E-state index is 0.0370. The maximum atomic E-state index is 12.0. The number of carboxylic acids is 1. The van der Waals surface area contributed by atoms with Gasteiger partial charge in [0, 0.05) is 12.0 Å². The van der Waals surface area contributed by atoms with Crippen LogP contribution in [0.2, 0.25) is 0 Å². The minimum Gasteiger partial charge on any atom is -0.481 e. The van der Waals surface area contributed by atoms with E-state index >= 15 is 0 Å². The molecule has 0 aliphatic heterocycles. The molecule has 104 valence electrons. The highest BCUT2D eigenvalue weighted by Crippen LogP contribution is 2.31. The van der Waals surface area contributed by atoms with Crippen molar-refractivity contribution in [3.63, 3.8) is 0 Å². The van der Waals surface area contributed by atoms with Crippen molar-refractivity contribution in [2.24, 2.45) is 17.8 Å². The van der Waals surface area contributed by atoms with Crippen molar-refractivity contribution in [2.75, 3.05) is 0 Å². The lowest BCUT2D eigenvalue weighted by Gasteiger charge is -2.17. The highest BCUT2D eigenvalue weighted by Gasteiger charge is 2.34. The summed E-state index contributed by atoms with van der Waals surface area (Å²) in [5.74, 6) is -0.514. The first-order valence-electron chi connectivity index (χ1n) is 6.93. The van der Waals surface area contributed by atoms with Crippen LogP contribution in [0.25, 0.3) is 0 Å². The number of rotatable bonds is 6. The summed E-state index contributed by atoms with van der Waals surface area (Å²) in [5, 5.41) is 11.9. The monoisotopic (exact) mass is 255 g/mol. The van der Waals surface area contributed by atoms with Gasteiger partial charge in [0.05, 0.1) is 5.92 Å². The van der Waals surface area contributed by atoms with Crippen molar-refractivity contribution < 1.29 is 14.7 Å². The molecular weight excluding hydrogens is 230 g/mol. The van der Waals surface area contributed by atoms with E-state index in [0.29, 0.717) is 25.2 Å². The Hall–Kier alpha value is -1.06. The van der Waals surface area contributed by atoms with E-state index in [0.717, 1.165) is 12.8 Å². The highest BCUT2D eigenvalue weighted by atomic mass is 16.4. The third kappa shape index (κ3) is 4.67. The standard InChI is InChI=1S/C14H25NO3/c1-9(2)4-5-10(3)15-13(16)11-6-7-12(8-11)14(17)18/h9-12H,4-8H2,1-3H3,(H,15,16)(H,17,18). The average molecular weight is 255 g/mol. The van der Waals surface area contributed by atoms with E-state index in [1.165, 1.54) is 0 Å². The fraction of sp³-hybridized carbons (Fsp3) is 0.857. The molecule has 0 saturated heterocycles. The Balaban J connectivity index is 2.31. The van der Waals surface area contributed by atoms with Gasteiger partial charge in [-0.25, -0.2) is 0 Å². The summed E-state index contributed by atoms with van der Waals surface area (Å²) in [7, 11) is 0. The van der Waals surface area contributed by atoms with Gasteiger partial charge < -0.3 is 10.4 Å². The number of nitrogens with one attached hydrogen (secondary N) is 1. The van der Waals surface area contributed by atoms with E-state index in [4.69, 9.17) is 5.11 Å². The number of carbonyl (C=O) groups excluding carboxylic acids is 1. The van der Waals surface area contributed by atoms with Crippen molar-refractivity contribution in [3.05, 3.63) is 0 Å². The number of hydrogen-bond donors (Lipinski definition) is 2. The fourth-order valence-electron chi connectivity index (χ4n) is 2.46. The zero-order valence-corrected chi connectivity index (χ0v) is 11.6. The van der Waals surface area contributed by atoms with Gasteiger partial charge in [-0.1, -0.05) is 13.8 Å². The number of aliphatic carboxylic acids is 1. The molecule has 0 aromatic heterocycles. The van der Waals surface area contributed by atoms with Crippen LogP contribution in [0.1, 0.15) is 52.9 Å². The van der Waals surface area contributed by atoms with Crippen LogP contribution in [0, 0.1) is 17.8 Å². The van der Waals surface area contributed by atoms with Gasteiger partial charge in [-0.05, 0) is 44.9 Å². The molecular formula is C14H25NO3. The van der Waals surface area contributed by atoms with Gasteiger partial charge in [-0.3, -0.25) is 9.59 Å². The van der Waals surface area contributed by atoms with Gasteiger partial charge in [-0.15, -0.1) is 0 Å². The van der Waals surface area contributed by atoms with Crippen LogP contribution < -0.4 is 5.32 Å². The molecule has 18 heavy (non-hydrogen) atoms. The molecule has 1 aliphatic carbocycles. The molecule has 0 aromatic carbocycles. The summed E-state index contributed by atoms with van der Waals surface area (Å²) in [6.07, 6.45) is 3.92. The Labute approximate surface area is 109 Å². The summed E-state index contributed by atoms with van der Waals surface area (Å²) >= 11 is 0. The van der Waals surface area contributed by atoms with Crippen LogP contribution in [0.4, 0.5) is 0 Å². The number of hydrogen-bond acceptors (Lipinski definition) is 2. The van der Waals surface area contributed by atoms with Gasteiger partial charge in [0.15, 0.2) is 0 Å². The lowest BCUT2D eigenvalue weighted by molar-refractivity contribution is -0.141. The van der Waals surface area contributed by atoms with Gasteiger partial charge in [0.1, 0.15) is 0 Å². The SMILES string of the molecule is CC(C)CCC(C)NC(=O)C1CCC(C(=O)O)C1. The van der Waals surface area contributed by atoms with E-state index < -0.39 is 5.97 Å². The first kappa shape index (κ1) is 15.0. The molecule has 2 N–H and O–H groups in total.